The van der Waals surface area contributed by atoms with Crippen molar-refractivity contribution in [3.63, 3.8) is 0 Å². The Labute approximate surface area is 92.2 Å². The third kappa shape index (κ3) is 4.48. The van der Waals surface area contributed by atoms with Gasteiger partial charge in [-0.1, -0.05) is 37.7 Å². The average molecular weight is 216 g/mol. The molecule has 0 fully saturated rings. The Balaban J connectivity index is 2.95. The zero-order chi connectivity index (χ0) is 11.3. The molecule has 0 saturated carbocycles. The maximum atomic E-state index is 5.09. The van der Waals surface area contributed by atoms with E-state index in [1.54, 1.807) is 6.21 Å². The smallest absolute Gasteiger partial charge is 0.129 e. The number of hydrogen-bond acceptors (Lipinski definition) is 2. The highest BCUT2D eigenvalue weighted by Gasteiger charge is 2.07. The fraction of sp³-hybridized carbons (Fsp3) is 0.250. The summed E-state index contributed by atoms with van der Waals surface area (Å²) in [4.78, 5) is 0. The van der Waals surface area contributed by atoms with E-state index in [0.29, 0.717) is 0 Å². The van der Waals surface area contributed by atoms with E-state index in [1.807, 2.05) is 24.3 Å². The Morgan fingerprint density at radius 3 is 2.67 bits per heavy atom. The first-order valence-electron chi connectivity index (χ1n) is 4.88. The number of hydrogen-bond donors (Lipinski definition) is 1. The van der Waals surface area contributed by atoms with Crippen molar-refractivity contribution in [3.8, 4) is 11.5 Å². The second-order valence-electron chi connectivity index (χ2n) is 4.40. The molecule has 0 atom stereocenters. The number of hydrazone groups is 1. The summed E-state index contributed by atoms with van der Waals surface area (Å²) in [5.41, 5.74) is 5.33. The molecule has 0 unspecified atom stereocenters. The van der Waals surface area contributed by atoms with Gasteiger partial charge in [-0.3, -0.25) is 0 Å². The molecule has 0 radical (unpaired) electrons. The molecule has 0 heterocycles. The first-order chi connectivity index (χ1) is 7.01. The van der Waals surface area contributed by atoms with Crippen molar-refractivity contribution < 1.29 is 0 Å². The zero-order valence-corrected chi connectivity index (χ0v) is 10.4. The minimum Gasteiger partial charge on any atom is -0.323 e. The highest BCUT2D eigenvalue weighted by molar-refractivity contribution is 6.83. The summed E-state index contributed by atoms with van der Waals surface area (Å²) in [7, 11) is -1.30. The second kappa shape index (κ2) is 4.81. The van der Waals surface area contributed by atoms with Gasteiger partial charge in [-0.05, 0) is 17.7 Å². The molecule has 2 N–H and O–H groups in total. The van der Waals surface area contributed by atoms with Crippen LogP contribution in [0.2, 0.25) is 19.6 Å². The van der Waals surface area contributed by atoms with Gasteiger partial charge >= 0.3 is 0 Å². The molecule has 0 saturated heterocycles. The topological polar surface area (TPSA) is 38.4 Å². The van der Waals surface area contributed by atoms with Gasteiger partial charge in [0.1, 0.15) is 8.07 Å². The zero-order valence-electron chi connectivity index (χ0n) is 9.41. The van der Waals surface area contributed by atoms with E-state index in [-0.39, 0.29) is 0 Å². The summed E-state index contributed by atoms with van der Waals surface area (Å²) in [5.74, 6) is 8.29. The molecular weight excluding hydrogens is 200 g/mol. The standard InChI is InChI=1S/C12H16N2Si/c1-15(2,3)8-7-11-5-4-6-12(9-11)10-14-13/h4-6,9-10H,13H2,1-3H3. The second-order valence-corrected chi connectivity index (χ2v) is 9.15. The molecule has 0 aromatic heterocycles. The monoisotopic (exact) mass is 216 g/mol. The molecule has 0 spiro atoms. The van der Waals surface area contributed by atoms with Crippen LogP contribution in [0.5, 0.6) is 0 Å². The molecule has 1 rings (SSSR count). The molecule has 1 aromatic carbocycles. The van der Waals surface area contributed by atoms with Gasteiger partial charge in [-0.15, -0.1) is 5.54 Å². The van der Waals surface area contributed by atoms with Crippen molar-refractivity contribution in [2.24, 2.45) is 10.9 Å². The van der Waals surface area contributed by atoms with Gasteiger partial charge in [0, 0.05) is 5.56 Å². The van der Waals surface area contributed by atoms with Crippen molar-refractivity contribution in [3.05, 3.63) is 35.4 Å². The summed E-state index contributed by atoms with van der Waals surface area (Å²) >= 11 is 0. The predicted molar refractivity (Wildman–Crippen MR) is 68.4 cm³/mol. The molecule has 78 valence electrons. The largest absolute Gasteiger partial charge is 0.323 e. The van der Waals surface area contributed by atoms with Crippen LogP contribution in [-0.4, -0.2) is 14.3 Å². The van der Waals surface area contributed by atoms with Crippen LogP contribution in [0.25, 0.3) is 0 Å². The third-order valence-electron chi connectivity index (χ3n) is 1.69. The summed E-state index contributed by atoms with van der Waals surface area (Å²) < 4.78 is 0. The van der Waals surface area contributed by atoms with Crippen molar-refractivity contribution in [2.75, 3.05) is 0 Å². The average Bonchev–Trinajstić information content (AvgIpc) is 2.15. The minimum absolute atomic E-state index is 0.986. The normalized spacial score (nSPS) is 11.1. The Morgan fingerprint density at radius 2 is 2.07 bits per heavy atom. The summed E-state index contributed by atoms with van der Waals surface area (Å²) in [6, 6.07) is 7.91. The van der Waals surface area contributed by atoms with E-state index in [4.69, 9.17) is 5.84 Å². The molecule has 0 aliphatic carbocycles. The van der Waals surface area contributed by atoms with Gasteiger partial charge in [0.15, 0.2) is 0 Å². The maximum Gasteiger partial charge on any atom is 0.129 e. The number of nitrogens with two attached hydrogens (primary N) is 1. The fourth-order valence-electron chi connectivity index (χ4n) is 1.04. The number of rotatable bonds is 1. The van der Waals surface area contributed by atoms with Crippen LogP contribution < -0.4 is 5.84 Å². The van der Waals surface area contributed by atoms with Gasteiger partial charge in [0.25, 0.3) is 0 Å². The van der Waals surface area contributed by atoms with Crippen molar-refractivity contribution in [2.45, 2.75) is 19.6 Å². The maximum absolute atomic E-state index is 5.09. The summed E-state index contributed by atoms with van der Waals surface area (Å²) in [6.07, 6.45) is 1.62. The predicted octanol–water partition coefficient (Wildman–Crippen LogP) is 2.21. The van der Waals surface area contributed by atoms with Gasteiger partial charge < -0.3 is 5.84 Å². The van der Waals surface area contributed by atoms with Crippen molar-refractivity contribution in [1.82, 2.24) is 0 Å². The molecule has 0 bridgehead atoms. The Morgan fingerprint density at radius 1 is 1.33 bits per heavy atom. The van der Waals surface area contributed by atoms with E-state index < -0.39 is 8.07 Å². The van der Waals surface area contributed by atoms with Crippen molar-refractivity contribution >= 4 is 14.3 Å². The highest BCUT2D eigenvalue weighted by Crippen LogP contribution is 2.03. The highest BCUT2D eigenvalue weighted by atomic mass is 28.3. The quantitative estimate of drug-likeness (QED) is 0.252. The van der Waals surface area contributed by atoms with Crippen LogP contribution in [0.15, 0.2) is 29.4 Å². The molecular formula is C12H16N2Si. The van der Waals surface area contributed by atoms with E-state index in [1.165, 1.54) is 0 Å². The molecule has 2 nitrogen and oxygen atoms in total. The van der Waals surface area contributed by atoms with Crippen LogP contribution in [0.3, 0.4) is 0 Å². The molecule has 0 amide bonds. The Kier molecular flexibility index (Phi) is 3.70. The lowest BCUT2D eigenvalue weighted by molar-refractivity contribution is 1.26. The molecule has 1 aromatic rings. The lowest BCUT2D eigenvalue weighted by Crippen LogP contribution is -2.16. The molecule has 0 aliphatic heterocycles. The lowest BCUT2D eigenvalue weighted by atomic mass is 10.1. The number of benzene rings is 1. The third-order valence-corrected chi connectivity index (χ3v) is 2.57. The van der Waals surface area contributed by atoms with Crippen LogP contribution in [0.4, 0.5) is 0 Å². The SMILES string of the molecule is C[Si](C)(C)C#Cc1cccc(C=NN)c1. The van der Waals surface area contributed by atoms with E-state index in [2.05, 4.69) is 36.2 Å². The van der Waals surface area contributed by atoms with Gasteiger partial charge in [-0.25, -0.2) is 0 Å². The summed E-state index contributed by atoms with van der Waals surface area (Å²) in [5, 5.41) is 3.49. The van der Waals surface area contributed by atoms with Gasteiger partial charge in [-0.2, -0.15) is 5.10 Å². The molecule has 3 heteroatoms. The van der Waals surface area contributed by atoms with Gasteiger partial charge in [0.05, 0.1) is 6.21 Å². The van der Waals surface area contributed by atoms with Gasteiger partial charge in [0.2, 0.25) is 0 Å². The van der Waals surface area contributed by atoms with E-state index >= 15 is 0 Å². The summed E-state index contributed by atoms with van der Waals surface area (Å²) in [6.45, 7) is 6.68. The van der Waals surface area contributed by atoms with Crippen molar-refractivity contribution in [1.29, 1.82) is 0 Å². The Hall–Kier alpha value is -1.53. The number of nitrogens with zero attached hydrogens (tertiary/aromatic N) is 1. The van der Waals surface area contributed by atoms with Crippen LogP contribution in [0, 0.1) is 11.5 Å². The minimum atomic E-state index is -1.30. The first-order valence-corrected chi connectivity index (χ1v) is 8.38. The van der Waals surface area contributed by atoms with Crippen LogP contribution in [-0.2, 0) is 0 Å². The first kappa shape index (κ1) is 11.5. The van der Waals surface area contributed by atoms with E-state index in [9.17, 15) is 0 Å². The molecule has 15 heavy (non-hydrogen) atoms. The fourth-order valence-corrected chi connectivity index (χ4v) is 1.56. The van der Waals surface area contributed by atoms with Crippen LogP contribution >= 0.6 is 0 Å². The van der Waals surface area contributed by atoms with Crippen LogP contribution in [0.1, 0.15) is 11.1 Å². The Bertz CT molecular complexity index is 419. The molecule has 0 aliphatic rings. The van der Waals surface area contributed by atoms with E-state index in [0.717, 1.165) is 11.1 Å². The lowest BCUT2D eigenvalue weighted by Gasteiger charge is -2.03.